The molecular formula is C40H50N6O6S. The number of nitrogens with one attached hydrogen (secondary N) is 3. The Morgan fingerprint density at radius 3 is 2.36 bits per heavy atom. The number of nitrogens with zero attached hydrogens (tertiary/aromatic N) is 3. The molecule has 0 bridgehead atoms. The minimum atomic E-state index is -1.08. The van der Waals surface area contributed by atoms with Gasteiger partial charge in [0.15, 0.2) is 18.8 Å². The first-order valence-corrected chi connectivity index (χ1v) is 19.0. The van der Waals surface area contributed by atoms with Crippen molar-refractivity contribution >= 4 is 29.4 Å². The summed E-state index contributed by atoms with van der Waals surface area (Å²) in [4.78, 5) is 50.4. The van der Waals surface area contributed by atoms with Gasteiger partial charge in [-0.15, -0.1) is 11.3 Å². The highest BCUT2D eigenvalue weighted by Crippen LogP contribution is 2.31. The van der Waals surface area contributed by atoms with E-state index in [9.17, 15) is 19.5 Å². The molecule has 1 unspecified atom stereocenters. The van der Waals surface area contributed by atoms with Gasteiger partial charge >= 0.3 is 12.1 Å². The summed E-state index contributed by atoms with van der Waals surface area (Å²) in [6, 6.07) is 16.7. The molecule has 4 amide bonds. The van der Waals surface area contributed by atoms with Crippen LogP contribution in [0.5, 0.6) is 0 Å². The molecule has 4 N–H and O–H groups in total. The summed E-state index contributed by atoms with van der Waals surface area (Å²) in [5.41, 5.74) is 2.68. The van der Waals surface area contributed by atoms with Gasteiger partial charge in [0.05, 0.1) is 35.6 Å². The maximum absolute atomic E-state index is 14.0. The van der Waals surface area contributed by atoms with E-state index < -0.39 is 30.3 Å². The first-order chi connectivity index (χ1) is 25.6. The second kappa shape index (κ2) is 19.7. The third kappa shape index (κ3) is 12.3. The van der Waals surface area contributed by atoms with E-state index in [0.29, 0.717) is 31.1 Å². The second-order valence-electron chi connectivity index (χ2n) is 13.9. The number of ether oxygens (including phenoxy) is 1. The van der Waals surface area contributed by atoms with Gasteiger partial charge in [-0.05, 0) is 55.6 Å². The molecule has 4 aromatic rings. The smallest absolute Gasteiger partial charge is 0.407 e. The van der Waals surface area contributed by atoms with Crippen LogP contribution in [0.3, 0.4) is 0 Å². The van der Waals surface area contributed by atoms with E-state index >= 15 is 0 Å². The number of allylic oxidation sites excluding steroid dienone is 2. The number of aliphatic hydroxyl groups excluding tert-OH is 1. The largest absolute Gasteiger partial charge is 0.445 e. The Morgan fingerprint density at radius 2 is 1.72 bits per heavy atom. The van der Waals surface area contributed by atoms with Crippen LogP contribution in [0.2, 0.25) is 0 Å². The molecule has 0 radical (unpaired) electrons. The van der Waals surface area contributed by atoms with Crippen molar-refractivity contribution in [1.29, 1.82) is 0 Å². The topological polar surface area (TPSA) is 159 Å². The number of alkyl carbamates (subject to hydrolysis) is 1. The molecule has 13 heteroatoms. The Balaban J connectivity index is 1.25. The molecule has 0 aliphatic heterocycles. The van der Waals surface area contributed by atoms with E-state index in [0.717, 1.165) is 41.1 Å². The fourth-order valence-electron chi connectivity index (χ4n) is 6.33. The van der Waals surface area contributed by atoms with Crippen LogP contribution >= 0.6 is 11.3 Å². The predicted octanol–water partition coefficient (Wildman–Crippen LogP) is 6.14. The lowest BCUT2D eigenvalue weighted by Gasteiger charge is -2.30. The molecular weight excluding hydrogens is 693 g/mol. The van der Waals surface area contributed by atoms with Gasteiger partial charge in [0.1, 0.15) is 6.04 Å². The number of thiazole rings is 1. The minimum absolute atomic E-state index is 0.113. The van der Waals surface area contributed by atoms with E-state index in [1.165, 1.54) is 17.5 Å². The maximum atomic E-state index is 14.0. The van der Waals surface area contributed by atoms with Crippen LogP contribution in [0.4, 0.5) is 9.59 Å². The van der Waals surface area contributed by atoms with Crippen LogP contribution in [-0.4, -0.2) is 69.3 Å². The average Bonchev–Trinajstić information content (AvgIpc) is 3.86. The number of hydrogen-bond donors (Lipinski definition) is 4. The Hall–Kier alpha value is -5.01. The molecule has 0 spiro atoms. The molecule has 2 aromatic carbocycles. The molecule has 1 aliphatic rings. The molecule has 282 valence electrons. The molecule has 0 saturated carbocycles. The quantitative estimate of drug-likeness (QED) is 0.0940. The van der Waals surface area contributed by atoms with Gasteiger partial charge in [-0.3, -0.25) is 4.79 Å². The third-order valence-electron chi connectivity index (χ3n) is 9.25. The van der Waals surface area contributed by atoms with Crippen LogP contribution in [0, 0.1) is 5.92 Å². The lowest BCUT2D eigenvalue weighted by atomic mass is 9.93. The molecule has 0 fully saturated rings. The maximum Gasteiger partial charge on any atom is 0.407 e. The summed E-state index contributed by atoms with van der Waals surface area (Å²) in [5, 5.41) is 23.6. The number of amides is 4. The molecule has 12 nitrogen and oxygen atoms in total. The summed E-state index contributed by atoms with van der Waals surface area (Å²) in [6.45, 7) is 3.95. The van der Waals surface area contributed by atoms with Gasteiger partial charge in [-0.25, -0.2) is 19.6 Å². The first kappa shape index (κ1) is 39.2. The fourth-order valence-corrected chi connectivity index (χ4v) is 7.29. The van der Waals surface area contributed by atoms with Crippen LogP contribution in [0.25, 0.3) is 0 Å². The van der Waals surface area contributed by atoms with Gasteiger partial charge in [-0.2, -0.15) is 0 Å². The zero-order valence-electron chi connectivity index (χ0n) is 30.5. The van der Waals surface area contributed by atoms with E-state index in [1.54, 1.807) is 18.4 Å². The lowest BCUT2D eigenvalue weighted by molar-refractivity contribution is -0.124. The van der Waals surface area contributed by atoms with Crippen molar-refractivity contribution < 1.29 is 28.6 Å². The van der Waals surface area contributed by atoms with Crippen molar-refractivity contribution in [2.24, 2.45) is 5.92 Å². The van der Waals surface area contributed by atoms with Gasteiger partial charge in [0, 0.05) is 24.4 Å². The molecule has 2 aromatic heterocycles. The minimum Gasteiger partial charge on any atom is -0.445 e. The second-order valence-corrected chi connectivity index (χ2v) is 14.8. The average molecular weight is 743 g/mol. The van der Waals surface area contributed by atoms with Crippen molar-refractivity contribution in [1.82, 2.24) is 30.8 Å². The van der Waals surface area contributed by atoms with Gasteiger partial charge < -0.3 is 35.1 Å². The molecule has 5 rings (SSSR count). The number of benzene rings is 2. The van der Waals surface area contributed by atoms with Crippen LogP contribution < -0.4 is 16.0 Å². The highest BCUT2D eigenvalue weighted by Gasteiger charge is 2.31. The van der Waals surface area contributed by atoms with Gasteiger partial charge in [0.2, 0.25) is 5.91 Å². The SMILES string of the molecule is CC(C)[C@H](NC(=O)N(C)Cc1csc(C2CC=CCC2)n1)C(=O)N[C@@H](Cc1ccccc1)C[C@H](O)[C@H](Cc1ccccc1)NC(=O)OCc1cnco1. The summed E-state index contributed by atoms with van der Waals surface area (Å²) >= 11 is 1.63. The number of carbonyl (C=O) groups excluding carboxylic acids is 3. The van der Waals surface area contributed by atoms with Crippen molar-refractivity contribution in [3.8, 4) is 0 Å². The molecule has 0 saturated heterocycles. The number of rotatable bonds is 17. The number of urea groups is 1. The molecule has 2 heterocycles. The molecule has 5 atom stereocenters. The van der Waals surface area contributed by atoms with E-state index in [-0.39, 0.29) is 30.9 Å². The fraction of sp³-hybridized carbons (Fsp3) is 0.425. The molecule has 1 aliphatic carbocycles. The predicted molar refractivity (Wildman–Crippen MR) is 203 cm³/mol. The highest BCUT2D eigenvalue weighted by molar-refractivity contribution is 7.09. The number of hydrogen-bond acceptors (Lipinski definition) is 9. The zero-order chi connectivity index (χ0) is 37.6. The molecule has 53 heavy (non-hydrogen) atoms. The van der Waals surface area contributed by atoms with Crippen LogP contribution in [0.15, 0.2) is 95.2 Å². The number of aliphatic hydroxyl groups is 1. The van der Waals surface area contributed by atoms with E-state index in [2.05, 4.69) is 33.1 Å². The number of aromatic nitrogens is 2. The van der Waals surface area contributed by atoms with Crippen molar-refractivity contribution in [3.63, 3.8) is 0 Å². The Labute approximate surface area is 315 Å². The van der Waals surface area contributed by atoms with E-state index in [4.69, 9.17) is 14.1 Å². The third-order valence-corrected chi connectivity index (χ3v) is 10.3. The number of carbonyl (C=O) groups is 3. The monoisotopic (exact) mass is 742 g/mol. The summed E-state index contributed by atoms with van der Waals surface area (Å²) in [6.07, 6.45) is 9.28. The normalized spacial score (nSPS) is 16.3. The number of oxazole rings is 1. The van der Waals surface area contributed by atoms with Crippen molar-refractivity contribution in [3.05, 3.63) is 118 Å². The Kier molecular flexibility index (Phi) is 14.6. The van der Waals surface area contributed by atoms with Gasteiger partial charge in [0.25, 0.3) is 0 Å². The standard InChI is InChI=1S/C40H50N6O6S/c1-27(2)36(45-39(49)46(3)23-32-25-53-38(43-32)30-17-11-6-12-18-30)37(48)42-31(19-28-13-7-4-8-14-28)21-35(47)34(20-29-15-9-5-10-16-29)44-40(50)51-24-33-22-41-26-52-33/h4-11,13-16,22,25-27,30-31,34-36,47H,12,17-21,23-24H2,1-3H3,(H,42,48)(H,44,50)(H,45,49)/t30?,31-,34-,35-,36-/m0/s1. The van der Waals surface area contributed by atoms with E-state index in [1.807, 2.05) is 79.9 Å². The van der Waals surface area contributed by atoms with Gasteiger partial charge in [-0.1, -0.05) is 86.7 Å². The van der Waals surface area contributed by atoms with Crippen LogP contribution in [-0.2, 0) is 35.5 Å². The Morgan fingerprint density at radius 1 is 1.00 bits per heavy atom. The summed E-state index contributed by atoms with van der Waals surface area (Å²) in [7, 11) is 1.69. The Bertz CT molecular complexity index is 1750. The zero-order valence-corrected chi connectivity index (χ0v) is 31.3. The highest BCUT2D eigenvalue weighted by atomic mass is 32.1. The van der Waals surface area contributed by atoms with Crippen molar-refractivity contribution in [2.75, 3.05) is 7.05 Å². The van der Waals surface area contributed by atoms with Crippen molar-refractivity contribution in [2.45, 2.75) is 95.7 Å². The van der Waals surface area contributed by atoms with Crippen LogP contribution in [0.1, 0.15) is 73.0 Å². The first-order valence-electron chi connectivity index (χ1n) is 18.1. The summed E-state index contributed by atoms with van der Waals surface area (Å²) < 4.78 is 10.5. The lowest BCUT2D eigenvalue weighted by Crippen LogP contribution is -2.55. The summed E-state index contributed by atoms with van der Waals surface area (Å²) in [5.74, 6) is 0.202.